The minimum atomic E-state index is -0.476. The number of hydrogen-bond donors (Lipinski definition) is 2. The molecule has 198 valence electrons. The van der Waals surface area contributed by atoms with Crippen molar-refractivity contribution < 1.29 is 18.7 Å². The lowest BCUT2D eigenvalue weighted by atomic mass is 9.98. The molecule has 0 spiro atoms. The van der Waals surface area contributed by atoms with Crippen molar-refractivity contribution in [3.05, 3.63) is 54.1 Å². The zero-order valence-electron chi connectivity index (χ0n) is 20.9. The molecule has 3 saturated heterocycles. The molecule has 0 radical (unpaired) electrons. The lowest BCUT2D eigenvalue weighted by molar-refractivity contribution is -0.111. The van der Waals surface area contributed by atoms with Crippen molar-refractivity contribution in [2.75, 3.05) is 46.6 Å². The molecule has 1 aromatic heterocycles. The summed E-state index contributed by atoms with van der Waals surface area (Å²) in [5.74, 6) is -0.463. The number of aldehydes is 1. The lowest BCUT2D eigenvalue weighted by Crippen LogP contribution is -2.54. The fourth-order valence-corrected chi connectivity index (χ4v) is 6.19. The highest BCUT2D eigenvalue weighted by atomic mass is 19.1. The number of nitrogens with two attached hydrogens (primary N) is 1. The minimum Gasteiger partial charge on any atom is -0.507 e. The van der Waals surface area contributed by atoms with E-state index < -0.39 is 5.82 Å². The van der Waals surface area contributed by atoms with Gasteiger partial charge in [0.05, 0.1) is 17.1 Å². The topological polar surface area (TPSA) is 98.8 Å². The van der Waals surface area contributed by atoms with Gasteiger partial charge in [0.15, 0.2) is 5.82 Å². The molecule has 0 saturated carbocycles. The van der Waals surface area contributed by atoms with Crippen LogP contribution in [0.25, 0.3) is 11.3 Å². The fraction of sp³-hybridized carbons (Fsp3) is 0.393. The zero-order chi connectivity index (χ0) is 26.4. The molecule has 3 aliphatic heterocycles. The highest BCUT2D eigenvalue weighted by Crippen LogP contribution is 2.40. The monoisotopic (exact) mass is 520 g/mol. The number of aromatic nitrogens is 2. The number of nitrogens with zero attached hydrogens (tertiary/aromatic N) is 5. The first-order chi connectivity index (χ1) is 18.4. The molecule has 38 heavy (non-hydrogen) atoms. The summed E-state index contributed by atoms with van der Waals surface area (Å²) in [5.41, 5.74) is 9.13. The first-order valence-electron chi connectivity index (χ1n) is 13.1. The number of halogens is 2. The van der Waals surface area contributed by atoms with Crippen LogP contribution in [-0.2, 0) is 4.79 Å². The van der Waals surface area contributed by atoms with Gasteiger partial charge in [-0.2, -0.15) is 0 Å². The van der Waals surface area contributed by atoms with E-state index in [1.165, 1.54) is 18.2 Å². The van der Waals surface area contributed by atoms with Crippen molar-refractivity contribution in [2.45, 2.75) is 37.8 Å². The number of rotatable bonds is 5. The molecule has 0 amide bonds. The molecule has 2 unspecified atom stereocenters. The van der Waals surface area contributed by atoms with Gasteiger partial charge in [0.25, 0.3) is 0 Å². The first kappa shape index (κ1) is 24.4. The quantitative estimate of drug-likeness (QED) is 0.488. The molecular weight excluding hydrogens is 490 g/mol. The van der Waals surface area contributed by atoms with Crippen LogP contribution in [0.2, 0.25) is 0 Å². The standard InChI is InChI=1S/C28H30F2N6O2/c29-18-1-6-27(38)22(11-18)24-13-26(28(31)33-32-24)35-14-20-2-3-21(15-35)36(20)19-4-5-23(30)25(12-19)34-9-7-17(16-37)8-10-34/h1,4-6,11-13,16-17,20-21,38H,2-3,7-10,14-15H2,(H2,31,33). The van der Waals surface area contributed by atoms with E-state index in [1.54, 1.807) is 12.1 Å². The Morgan fingerprint density at radius 2 is 1.63 bits per heavy atom. The number of nitrogen functional groups attached to an aromatic ring is 1. The summed E-state index contributed by atoms with van der Waals surface area (Å²) in [6, 6.07) is 11.2. The van der Waals surface area contributed by atoms with Gasteiger partial charge in [-0.25, -0.2) is 8.78 Å². The van der Waals surface area contributed by atoms with E-state index in [0.717, 1.165) is 37.7 Å². The molecule has 2 bridgehead atoms. The van der Waals surface area contributed by atoms with Crippen LogP contribution in [0.4, 0.5) is 31.7 Å². The van der Waals surface area contributed by atoms with Gasteiger partial charge in [-0.15, -0.1) is 10.2 Å². The molecule has 2 aromatic carbocycles. The van der Waals surface area contributed by atoms with Crippen LogP contribution in [0.5, 0.6) is 5.75 Å². The number of anilines is 4. The largest absolute Gasteiger partial charge is 0.507 e. The molecule has 2 atom stereocenters. The maximum Gasteiger partial charge on any atom is 0.169 e. The molecule has 0 aliphatic carbocycles. The molecule has 3 fully saturated rings. The molecule has 4 heterocycles. The Morgan fingerprint density at radius 1 is 0.895 bits per heavy atom. The highest BCUT2D eigenvalue weighted by molar-refractivity contribution is 5.75. The fourth-order valence-electron chi connectivity index (χ4n) is 6.19. The third-order valence-electron chi connectivity index (χ3n) is 8.16. The Kier molecular flexibility index (Phi) is 6.25. The Morgan fingerprint density at radius 3 is 2.34 bits per heavy atom. The Balaban J connectivity index is 1.24. The molecule has 3 aromatic rings. The first-order valence-corrected chi connectivity index (χ1v) is 13.1. The number of phenols is 1. The third kappa shape index (κ3) is 4.37. The van der Waals surface area contributed by atoms with Crippen LogP contribution in [0.1, 0.15) is 25.7 Å². The molecular formula is C28H30F2N6O2. The smallest absolute Gasteiger partial charge is 0.169 e. The summed E-state index contributed by atoms with van der Waals surface area (Å²) >= 11 is 0. The maximum absolute atomic E-state index is 14.9. The molecule has 8 nitrogen and oxygen atoms in total. The van der Waals surface area contributed by atoms with Gasteiger partial charge in [0, 0.05) is 55.4 Å². The second-order valence-corrected chi connectivity index (χ2v) is 10.5. The van der Waals surface area contributed by atoms with E-state index >= 15 is 0 Å². The van der Waals surface area contributed by atoms with Crippen molar-refractivity contribution >= 4 is 29.2 Å². The van der Waals surface area contributed by atoms with Crippen molar-refractivity contribution in [1.29, 1.82) is 0 Å². The number of benzene rings is 2. The van der Waals surface area contributed by atoms with Gasteiger partial charge in [-0.1, -0.05) is 0 Å². The average molecular weight is 521 g/mol. The van der Waals surface area contributed by atoms with E-state index in [4.69, 9.17) is 5.73 Å². The van der Waals surface area contributed by atoms with E-state index in [-0.39, 0.29) is 40.9 Å². The summed E-state index contributed by atoms with van der Waals surface area (Å²) < 4.78 is 28.7. The van der Waals surface area contributed by atoms with Crippen LogP contribution in [0.15, 0.2) is 42.5 Å². The van der Waals surface area contributed by atoms with Gasteiger partial charge in [0.2, 0.25) is 0 Å². The summed E-state index contributed by atoms with van der Waals surface area (Å²) in [6.45, 7) is 2.72. The zero-order valence-corrected chi connectivity index (χ0v) is 20.9. The number of carbonyl (C=O) groups is 1. The van der Waals surface area contributed by atoms with E-state index in [0.29, 0.717) is 43.2 Å². The number of piperazine rings is 1. The predicted molar refractivity (Wildman–Crippen MR) is 142 cm³/mol. The highest BCUT2D eigenvalue weighted by Gasteiger charge is 2.41. The van der Waals surface area contributed by atoms with Crippen LogP contribution in [0, 0.1) is 17.6 Å². The van der Waals surface area contributed by atoms with E-state index in [9.17, 15) is 18.7 Å². The third-order valence-corrected chi connectivity index (χ3v) is 8.16. The molecule has 3 N–H and O–H groups in total. The van der Waals surface area contributed by atoms with Crippen LogP contribution in [-0.4, -0.2) is 59.9 Å². The Labute approximate surface area is 219 Å². The summed E-state index contributed by atoms with van der Waals surface area (Å²) in [4.78, 5) is 17.7. The van der Waals surface area contributed by atoms with Crippen molar-refractivity contribution in [3.8, 4) is 17.0 Å². The second kappa shape index (κ2) is 9.74. The summed E-state index contributed by atoms with van der Waals surface area (Å²) in [5, 5.41) is 18.4. The van der Waals surface area contributed by atoms with Gasteiger partial charge in [-0.3, -0.25) is 0 Å². The van der Waals surface area contributed by atoms with Gasteiger partial charge in [-0.05, 0) is 68.1 Å². The number of hydrogen-bond acceptors (Lipinski definition) is 8. The van der Waals surface area contributed by atoms with Gasteiger partial charge < -0.3 is 30.3 Å². The van der Waals surface area contributed by atoms with Crippen LogP contribution in [0.3, 0.4) is 0 Å². The Bertz CT molecular complexity index is 1350. The van der Waals surface area contributed by atoms with Crippen molar-refractivity contribution in [3.63, 3.8) is 0 Å². The van der Waals surface area contributed by atoms with Crippen molar-refractivity contribution in [2.24, 2.45) is 5.92 Å². The van der Waals surface area contributed by atoms with Gasteiger partial charge in [0.1, 0.15) is 23.7 Å². The molecule has 10 heteroatoms. The average Bonchev–Trinajstić information content (AvgIpc) is 3.19. The molecule has 3 aliphatic rings. The second-order valence-electron chi connectivity index (χ2n) is 10.5. The Hall–Kier alpha value is -3.95. The normalized spacial score (nSPS) is 21.7. The SMILES string of the molecule is Nc1nnc(-c2cc(F)ccc2O)cc1N1CC2CCC(C1)N2c1ccc(F)c(N2CCC(C=O)CC2)c1. The summed E-state index contributed by atoms with van der Waals surface area (Å²) in [6.07, 6.45) is 4.49. The van der Waals surface area contributed by atoms with E-state index in [1.807, 2.05) is 17.0 Å². The number of piperidine rings is 1. The van der Waals surface area contributed by atoms with Crippen LogP contribution >= 0.6 is 0 Å². The number of carbonyl (C=O) groups excluding carboxylic acids is 1. The maximum atomic E-state index is 14.9. The summed E-state index contributed by atoms with van der Waals surface area (Å²) in [7, 11) is 0. The van der Waals surface area contributed by atoms with Crippen LogP contribution < -0.4 is 20.4 Å². The van der Waals surface area contributed by atoms with E-state index in [2.05, 4.69) is 20.0 Å². The number of aromatic hydroxyl groups is 1. The van der Waals surface area contributed by atoms with Crippen molar-refractivity contribution in [1.82, 2.24) is 10.2 Å². The van der Waals surface area contributed by atoms with Gasteiger partial charge >= 0.3 is 0 Å². The lowest BCUT2D eigenvalue weighted by Gasteiger charge is -2.44. The number of fused-ring (bicyclic) bond motifs is 2. The number of phenolic OH excluding ortho intramolecular Hbond substituents is 1. The predicted octanol–water partition coefficient (Wildman–Crippen LogP) is 3.98. The minimum absolute atomic E-state index is 0.0573. The molecule has 6 rings (SSSR count).